The Hall–Kier alpha value is -3.93. The first-order valence-electron chi connectivity index (χ1n) is 12.0. The van der Waals surface area contributed by atoms with Crippen molar-refractivity contribution in [1.82, 2.24) is 4.98 Å². The zero-order valence-corrected chi connectivity index (χ0v) is 19.9. The van der Waals surface area contributed by atoms with Gasteiger partial charge in [-0.25, -0.2) is 4.79 Å². The summed E-state index contributed by atoms with van der Waals surface area (Å²) in [5, 5.41) is 13.5. The van der Waals surface area contributed by atoms with Gasteiger partial charge in [-0.3, -0.25) is 4.98 Å². The maximum absolute atomic E-state index is 10.9. The molecule has 1 heterocycles. The van der Waals surface area contributed by atoms with E-state index in [0.29, 0.717) is 5.75 Å². The molecule has 0 spiro atoms. The number of carbonyl (C=O) groups is 1. The molecule has 0 radical (unpaired) electrons. The highest BCUT2D eigenvalue weighted by Crippen LogP contribution is 2.33. The van der Waals surface area contributed by atoms with Crippen LogP contribution in [0, 0.1) is 0 Å². The molecular formula is C29H30N2O4. The van der Waals surface area contributed by atoms with Crippen molar-refractivity contribution < 1.29 is 19.5 Å². The molecule has 1 N–H and O–H groups in total. The van der Waals surface area contributed by atoms with Gasteiger partial charge in [0.25, 0.3) is 0 Å². The number of oxime groups is 1. The number of benzene rings is 2. The summed E-state index contributed by atoms with van der Waals surface area (Å²) in [5.41, 5.74) is 6.60. The number of carboxylic acid groups (broad SMARTS) is 1. The van der Waals surface area contributed by atoms with Crippen molar-refractivity contribution in [2.24, 2.45) is 5.16 Å². The predicted octanol–water partition coefficient (Wildman–Crippen LogP) is 6.23. The number of carboxylic acids is 1. The highest BCUT2D eigenvalue weighted by atomic mass is 16.6. The van der Waals surface area contributed by atoms with Crippen molar-refractivity contribution in [3.05, 3.63) is 101 Å². The number of nitrogens with zero attached hydrogens (tertiary/aromatic N) is 2. The average Bonchev–Trinajstić information content (AvgIpc) is 2.90. The minimum atomic E-state index is -0.971. The highest BCUT2D eigenvalue weighted by molar-refractivity contribution is 5.84. The van der Waals surface area contributed by atoms with Crippen LogP contribution in [-0.4, -0.2) is 28.4 Å². The molecule has 1 aliphatic carbocycles. The molecule has 0 saturated carbocycles. The first-order chi connectivity index (χ1) is 17.1. The molecule has 6 heteroatoms. The molecule has 180 valence electrons. The average molecular weight is 471 g/mol. The quantitative estimate of drug-likeness (QED) is 0.265. The third kappa shape index (κ3) is 6.57. The first-order valence-corrected chi connectivity index (χ1v) is 12.0. The lowest BCUT2D eigenvalue weighted by Crippen LogP contribution is -2.12. The second-order valence-electron chi connectivity index (χ2n) is 8.50. The Kier molecular flexibility index (Phi) is 8.28. The number of hydrogen-bond donors (Lipinski definition) is 1. The zero-order valence-electron chi connectivity index (χ0n) is 19.9. The van der Waals surface area contributed by atoms with Crippen molar-refractivity contribution in [3.63, 3.8) is 0 Å². The smallest absolute Gasteiger partial charge is 0.341 e. The number of pyridine rings is 1. The summed E-state index contributed by atoms with van der Waals surface area (Å²) < 4.78 is 5.48. The molecule has 35 heavy (non-hydrogen) atoms. The second kappa shape index (κ2) is 12.0. The maximum Gasteiger partial charge on any atom is 0.341 e. The van der Waals surface area contributed by atoms with Crippen molar-refractivity contribution in [2.45, 2.75) is 45.1 Å². The topological polar surface area (TPSA) is 81.0 Å². The van der Waals surface area contributed by atoms with Crippen LogP contribution in [-0.2, 0) is 16.1 Å². The van der Waals surface area contributed by atoms with E-state index in [1.807, 2.05) is 54.6 Å². The predicted molar refractivity (Wildman–Crippen MR) is 136 cm³/mol. The molecular weight excluding hydrogens is 440 g/mol. The third-order valence-corrected chi connectivity index (χ3v) is 6.12. The fraction of sp³-hybridized carbons (Fsp3) is 0.276. The van der Waals surface area contributed by atoms with E-state index in [4.69, 9.17) is 14.7 Å². The monoisotopic (exact) mass is 470 g/mol. The molecule has 4 rings (SSSR count). The molecule has 0 saturated heterocycles. The van der Waals surface area contributed by atoms with Gasteiger partial charge in [-0.15, -0.1) is 0 Å². The number of allylic oxidation sites excluding steroid dienone is 1. The largest absolute Gasteiger partial charge is 0.482 e. The lowest BCUT2D eigenvalue weighted by atomic mass is 9.89. The Labute approximate surface area is 205 Å². The van der Waals surface area contributed by atoms with Crippen LogP contribution in [0.3, 0.4) is 0 Å². The van der Waals surface area contributed by atoms with Crippen LogP contribution >= 0.6 is 0 Å². The summed E-state index contributed by atoms with van der Waals surface area (Å²) in [6.45, 7) is 1.77. The molecule has 1 unspecified atom stereocenters. The van der Waals surface area contributed by atoms with E-state index in [0.717, 1.165) is 60.1 Å². The molecule has 0 amide bonds. The van der Waals surface area contributed by atoms with Gasteiger partial charge >= 0.3 is 5.97 Å². The molecule has 0 aliphatic heterocycles. The summed E-state index contributed by atoms with van der Waals surface area (Å²) in [6, 6.07) is 19.8. The molecule has 3 aromatic rings. The minimum absolute atomic E-state index is 0.286. The van der Waals surface area contributed by atoms with E-state index >= 15 is 0 Å². The standard InChI is InChI=1S/C29H30N2O4/c1-2-25(31-35-29(22-7-4-3-5-8-22)23-15-17-30-18-16-23)13-11-21-12-14-26-24(19-21)9-6-10-27(26)34-20-28(32)33/h3-10,15-19,29H,2,11-14,20H2,1H3,(H,32,33). The van der Waals surface area contributed by atoms with Gasteiger partial charge in [0.2, 0.25) is 0 Å². The zero-order chi connectivity index (χ0) is 24.5. The fourth-order valence-electron chi connectivity index (χ4n) is 4.23. The molecule has 1 atom stereocenters. The van der Waals surface area contributed by atoms with Crippen LogP contribution in [0.25, 0.3) is 6.08 Å². The van der Waals surface area contributed by atoms with E-state index in [2.05, 4.69) is 29.2 Å². The Morgan fingerprint density at radius 1 is 1.03 bits per heavy atom. The summed E-state index contributed by atoms with van der Waals surface area (Å²) in [5.74, 6) is -0.311. The van der Waals surface area contributed by atoms with Crippen LogP contribution in [0.1, 0.15) is 61.0 Å². The van der Waals surface area contributed by atoms with E-state index in [1.165, 1.54) is 5.57 Å². The van der Waals surface area contributed by atoms with Crippen LogP contribution in [0.4, 0.5) is 0 Å². The number of fused-ring (bicyclic) bond motifs is 1. The number of aromatic nitrogens is 1. The van der Waals surface area contributed by atoms with Gasteiger partial charge in [0.05, 0.1) is 5.71 Å². The second-order valence-corrected chi connectivity index (χ2v) is 8.50. The summed E-state index contributed by atoms with van der Waals surface area (Å²) in [4.78, 5) is 21.1. The molecule has 2 aromatic carbocycles. The highest BCUT2D eigenvalue weighted by Gasteiger charge is 2.18. The Morgan fingerprint density at radius 3 is 2.54 bits per heavy atom. The lowest BCUT2D eigenvalue weighted by Gasteiger charge is -2.20. The van der Waals surface area contributed by atoms with Gasteiger partial charge in [-0.2, -0.15) is 0 Å². The van der Waals surface area contributed by atoms with Gasteiger partial charge in [0.15, 0.2) is 12.7 Å². The Balaban J connectivity index is 1.44. The van der Waals surface area contributed by atoms with Crippen LogP contribution in [0.15, 0.2) is 83.8 Å². The van der Waals surface area contributed by atoms with Crippen molar-refractivity contribution in [2.75, 3.05) is 6.61 Å². The Morgan fingerprint density at radius 2 is 1.80 bits per heavy atom. The van der Waals surface area contributed by atoms with E-state index in [-0.39, 0.29) is 12.7 Å². The van der Waals surface area contributed by atoms with Crippen molar-refractivity contribution in [3.8, 4) is 5.75 Å². The number of rotatable bonds is 11. The normalized spacial score (nSPS) is 14.0. The number of aliphatic carboxylic acids is 1. The molecule has 0 bridgehead atoms. The maximum atomic E-state index is 10.9. The van der Waals surface area contributed by atoms with Gasteiger partial charge in [0, 0.05) is 23.5 Å². The molecule has 6 nitrogen and oxygen atoms in total. The van der Waals surface area contributed by atoms with Crippen LogP contribution < -0.4 is 4.74 Å². The van der Waals surface area contributed by atoms with E-state index in [1.54, 1.807) is 12.4 Å². The molecule has 1 aliphatic rings. The molecule has 1 aromatic heterocycles. The van der Waals surface area contributed by atoms with Crippen molar-refractivity contribution in [1.29, 1.82) is 0 Å². The number of ether oxygens (including phenoxy) is 1. The van der Waals surface area contributed by atoms with Gasteiger partial charge in [-0.1, -0.05) is 66.2 Å². The van der Waals surface area contributed by atoms with E-state index in [9.17, 15) is 4.79 Å². The summed E-state index contributed by atoms with van der Waals surface area (Å²) in [6.07, 6.45) is 9.75. The van der Waals surface area contributed by atoms with Crippen LogP contribution in [0.2, 0.25) is 0 Å². The summed E-state index contributed by atoms with van der Waals surface area (Å²) >= 11 is 0. The Bertz CT molecular complexity index is 1150. The third-order valence-electron chi connectivity index (χ3n) is 6.12. The minimum Gasteiger partial charge on any atom is -0.482 e. The van der Waals surface area contributed by atoms with Crippen molar-refractivity contribution >= 4 is 17.8 Å². The van der Waals surface area contributed by atoms with E-state index < -0.39 is 5.97 Å². The SMILES string of the molecule is CCC(CCC1=Cc2cccc(OCC(=O)O)c2CC1)=NOC(c1ccccc1)c1ccncc1. The summed E-state index contributed by atoms with van der Waals surface area (Å²) in [7, 11) is 0. The van der Waals surface area contributed by atoms with Gasteiger partial charge in [0.1, 0.15) is 5.75 Å². The van der Waals surface area contributed by atoms with Gasteiger partial charge in [-0.05, 0) is 61.4 Å². The number of hydrogen-bond acceptors (Lipinski definition) is 5. The molecule has 0 fully saturated rings. The van der Waals surface area contributed by atoms with Gasteiger partial charge < -0.3 is 14.7 Å². The lowest BCUT2D eigenvalue weighted by molar-refractivity contribution is -0.139. The fourth-order valence-corrected chi connectivity index (χ4v) is 4.23. The first kappa shape index (κ1) is 24.2. The van der Waals surface area contributed by atoms with Crippen LogP contribution in [0.5, 0.6) is 5.75 Å².